The van der Waals surface area contributed by atoms with E-state index in [1.54, 1.807) is 20.8 Å². The monoisotopic (exact) mass is 245 g/mol. The van der Waals surface area contributed by atoms with Crippen molar-refractivity contribution in [1.82, 2.24) is 16.2 Å². The number of carbonyl (C=O) groups excluding carboxylic acids is 3. The second-order valence-corrected chi connectivity index (χ2v) is 4.60. The van der Waals surface area contributed by atoms with E-state index in [1.165, 1.54) is 14.0 Å². The summed E-state index contributed by atoms with van der Waals surface area (Å²) in [4.78, 5) is 33.4. The van der Waals surface area contributed by atoms with Gasteiger partial charge in [0.1, 0.15) is 6.04 Å². The fourth-order valence-electron chi connectivity index (χ4n) is 1.06. The van der Waals surface area contributed by atoms with Gasteiger partial charge in [0.15, 0.2) is 0 Å². The quantitative estimate of drug-likeness (QED) is 0.468. The van der Waals surface area contributed by atoms with Gasteiger partial charge < -0.3 is 10.1 Å². The molecule has 0 unspecified atom stereocenters. The predicted molar refractivity (Wildman–Crippen MR) is 60.7 cm³/mol. The minimum Gasteiger partial charge on any atom is -0.467 e. The van der Waals surface area contributed by atoms with Crippen molar-refractivity contribution >= 4 is 17.9 Å². The molecule has 0 aliphatic rings. The number of hydrazine groups is 1. The van der Waals surface area contributed by atoms with E-state index in [9.17, 15) is 14.4 Å². The van der Waals surface area contributed by atoms with Gasteiger partial charge in [-0.25, -0.2) is 15.0 Å². The molecule has 0 aliphatic heterocycles. The molecule has 98 valence electrons. The van der Waals surface area contributed by atoms with Crippen LogP contribution in [0.2, 0.25) is 0 Å². The minimum absolute atomic E-state index is 0.412. The Hall–Kier alpha value is -1.79. The first kappa shape index (κ1) is 15.2. The fraction of sp³-hybridized carbons (Fsp3) is 0.700. The van der Waals surface area contributed by atoms with Crippen molar-refractivity contribution in [2.45, 2.75) is 33.7 Å². The van der Waals surface area contributed by atoms with Crippen molar-refractivity contribution in [3.8, 4) is 0 Å². The summed E-state index contributed by atoms with van der Waals surface area (Å²) in [5.74, 6) is -0.957. The standard InChI is InChI=1S/C10H19N3O4/c1-6(14)12-13-9(16)11-7(8(15)17-5)10(2,3)4/h7H,1-5H3,(H,12,14)(H2,11,13,16)/t7-/m1/s1. The lowest BCUT2D eigenvalue weighted by Crippen LogP contribution is -2.55. The van der Waals surface area contributed by atoms with Crippen LogP contribution in [0.1, 0.15) is 27.7 Å². The molecule has 0 aromatic rings. The highest BCUT2D eigenvalue weighted by atomic mass is 16.5. The average molecular weight is 245 g/mol. The maximum absolute atomic E-state index is 11.5. The van der Waals surface area contributed by atoms with Gasteiger partial charge in [0.25, 0.3) is 0 Å². The molecule has 7 heteroatoms. The third-order valence-electron chi connectivity index (χ3n) is 1.93. The van der Waals surface area contributed by atoms with Crippen molar-refractivity contribution in [2.24, 2.45) is 5.41 Å². The first-order chi connectivity index (χ1) is 7.68. The lowest BCUT2D eigenvalue weighted by molar-refractivity contribution is -0.145. The molecule has 0 radical (unpaired) electrons. The molecule has 0 rings (SSSR count). The second kappa shape index (κ2) is 6.07. The van der Waals surface area contributed by atoms with Crippen molar-refractivity contribution in [2.75, 3.05) is 7.11 Å². The number of hydrogen-bond donors (Lipinski definition) is 3. The molecule has 0 aliphatic carbocycles. The zero-order chi connectivity index (χ0) is 13.6. The smallest absolute Gasteiger partial charge is 0.334 e. The van der Waals surface area contributed by atoms with E-state index in [1.807, 2.05) is 0 Å². The fourth-order valence-corrected chi connectivity index (χ4v) is 1.06. The number of methoxy groups -OCH3 is 1. The van der Waals surface area contributed by atoms with Crippen LogP contribution < -0.4 is 16.2 Å². The Bertz CT molecular complexity index is 309. The SMILES string of the molecule is COC(=O)[C@@H](NC(=O)NNC(C)=O)C(C)(C)C. The van der Waals surface area contributed by atoms with Crippen LogP contribution >= 0.6 is 0 Å². The van der Waals surface area contributed by atoms with Crippen LogP contribution in [-0.4, -0.2) is 31.1 Å². The molecule has 0 spiro atoms. The number of ether oxygens (including phenoxy) is 1. The Morgan fingerprint density at radius 1 is 1.12 bits per heavy atom. The molecular formula is C10H19N3O4. The Kier molecular flexibility index (Phi) is 5.43. The van der Waals surface area contributed by atoms with Gasteiger partial charge in [0, 0.05) is 6.92 Å². The van der Waals surface area contributed by atoms with Crippen LogP contribution in [0.3, 0.4) is 0 Å². The van der Waals surface area contributed by atoms with Crippen molar-refractivity contribution < 1.29 is 19.1 Å². The highest BCUT2D eigenvalue weighted by molar-refractivity contribution is 5.85. The molecule has 3 amide bonds. The summed E-state index contributed by atoms with van der Waals surface area (Å²) < 4.78 is 4.60. The summed E-state index contributed by atoms with van der Waals surface area (Å²) in [6, 6.07) is -1.48. The first-order valence-corrected chi connectivity index (χ1v) is 5.09. The van der Waals surface area contributed by atoms with E-state index >= 15 is 0 Å². The number of amides is 3. The maximum atomic E-state index is 11.5. The van der Waals surface area contributed by atoms with Crippen LogP contribution in [0.4, 0.5) is 4.79 Å². The molecule has 1 atom stereocenters. The number of nitrogens with one attached hydrogen (secondary N) is 3. The van der Waals surface area contributed by atoms with E-state index in [0.29, 0.717) is 0 Å². The molecular weight excluding hydrogens is 226 g/mol. The number of carbonyl (C=O) groups is 3. The third kappa shape index (κ3) is 5.74. The van der Waals surface area contributed by atoms with Gasteiger partial charge >= 0.3 is 12.0 Å². The normalized spacial score (nSPS) is 12.3. The zero-order valence-electron chi connectivity index (χ0n) is 10.7. The molecule has 0 bridgehead atoms. The summed E-state index contributed by atoms with van der Waals surface area (Å²) in [6.07, 6.45) is 0. The molecule has 0 fully saturated rings. The van der Waals surface area contributed by atoms with Crippen LogP contribution in [0.25, 0.3) is 0 Å². The van der Waals surface area contributed by atoms with Gasteiger partial charge in [-0.05, 0) is 5.41 Å². The number of urea groups is 1. The molecule has 3 N–H and O–H groups in total. The predicted octanol–water partition coefficient (Wildman–Crippen LogP) is -0.0756. The lowest BCUT2D eigenvalue weighted by atomic mass is 9.87. The summed E-state index contributed by atoms with van der Waals surface area (Å²) >= 11 is 0. The molecule has 0 aromatic heterocycles. The van der Waals surface area contributed by atoms with Gasteiger partial charge in [-0.15, -0.1) is 0 Å². The second-order valence-electron chi connectivity index (χ2n) is 4.60. The third-order valence-corrected chi connectivity index (χ3v) is 1.93. The van der Waals surface area contributed by atoms with E-state index in [2.05, 4.69) is 20.9 Å². The number of hydrogen-bond acceptors (Lipinski definition) is 4. The Morgan fingerprint density at radius 2 is 1.65 bits per heavy atom. The summed E-state index contributed by atoms with van der Waals surface area (Å²) in [6.45, 7) is 6.61. The minimum atomic E-state index is -0.804. The summed E-state index contributed by atoms with van der Waals surface area (Å²) in [5, 5.41) is 2.42. The topological polar surface area (TPSA) is 96.5 Å². The van der Waals surface area contributed by atoms with Gasteiger partial charge in [-0.1, -0.05) is 20.8 Å². The van der Waals surface area contributed by atoms with Crippen molar-refractivity contribution in [3.63, 3.8) is 0 Å². The highest BCUT2D eigenvalue weighted by Crippen LogP contribution is 2.20. The first-order valence-electron chi connectivity index (χ1n) is 5.09. The Balaban J connectivity index is 4.50. The Labute approximate surface area is 100 Å². The van der Waals surface area contributed by atoms with Crippen molar-refractivity contribution in [3.05, 3.63) is 0 Å². The summed E-state index contributed by atoms with van der Waals surface area (Å²) in [7, 11) is 1.24. The number of esters is 1. The van der Waals surface area contributed by atoms with E-state index in [-0.39, 0.29) is 0 Å². The largest absolute Gasteiger partial charge is 0.467 e. The lowest BCUT2D eigenvalue weighted by Gasteiger charge is -2.28. The molecule has 0 heterocycles. The summed E-state index contributed by atoms with van der Waals surface area (Å²) in [5.41, 5.74) is 3.71. The molecule has 0 aromatic carbocycles. The van der Waals surface area contributed by atoms with Gasteiger partial charge in [0.2, 0.25) is 5.91 Å². The van der Waals surface area contributed by atoms with E-state index in [0.717, 1.165) is 0 Å². The average Bonchev–Trinajstić information content (AvgIpc) is 2.20. The number of rotatable bonds is 2. The van der Waals surface area contributed by atoms with Gasteiger partial charge in [-0.3, -0.25) is 10.2 Å². The van der Waals surface area contributed by atoms with Crippen LogP contribution in [0.15, 0.2) is 0 Å². The van der Waals surface area contributed by atoms with Crippen LogP contribution in [-0.2, 0) is 14.3 Å². The van der Waals surface area contributed by atoms with E-state index < -0.39 is 29.4 Å². The molecule has 0 saturated heterocycles. The molecule has 7 nitrogen and oxygen atoms in total. The zero-order valence-corrected chi connectivity index (χ0v) is 10.7. The van der Waals surface area contributed by atoms with Crippen molar-refractivity contribution in [1.29, 1.82) is 0 Å². The van der Waals surface area contributed by atoms with Gasteiger partial charge in [0.05, 0.1) is 7.11 Å². The molecule has 0 saturated carbocycles. The Morgan fingerprint density at radius 3 is 2.00 bits per heavy atom. The highest BCUT2D eigenvalue weighted by Gasteiger charge is 2.33. The van der Waals surface area contributed by atoms with Gasteiger partial charge in [-0.2, -0.15) is 0 Å². The maximum Gasteiger partial charge on any atom is 0.334 e. The van der Waals surface area contributed by atoms with Crippen LogP contribution in [0.5, 0.6) is 0 Å². The van der Waals surface area contributed by atoms with Crippen LogP contribution in [0, 0.1) is 5.41 Å². The van der Waals surface area contributed by atoms with E-state index in [4.69, 9.17) is 0 Å². The molecule has 17 heavy (non-hydrogen) atoms.